The average Bonchev–Trinajstić information content (AvgIpc) is 3.17. The summed E-state index contributed by atoms with van der Waals surface area (Å²) in [5.41, 5.74) is 1.92. The molecule has 0 aromatic heterocycles. The van der Waals surface area contributed by atoms with E-state index in [1.165, 1.54) is 21.2 Å². The molecule has 55 heavy (non-hydrogen) atoms. The lowest BCUT2D eigenvalue weighted by atomic mass is 10.0. The quantitative estimate of drug-likeness (QED) is 0.0929. The van der Waals surface area contributed by atoms with E-state index in [0.717, 1.165) is 70.1 Å². The van der Waals surface area contributed by atoms with Gasteiger partial charge >= 0.3 is 0 Å². The third-order valence-electron chi connectivity index (χ3n) is 10.4. The molecular formula is C42H68ClN3O8S. The zero-order valence-electron chi connectivity index (χ0n) is 34.7. The molecular weight excluding hydrogens is 742 g/mol. The maximum absolute atomic E-state index is 6.43. The smallest absolute Gasteiger partial charge is 0.104 e. The van der Waals surface area contributed by atoms with E-state index in [0.29, 0.717) is 46.2 Å². The van der Waals surface area contributed by atoms with Crippen molar-refractivity contribution in [2.75, 3.05) is 125 Å². The molecule has 3 unspecified atom stereocenters. The summed E-state index contributed by atoms with van der Waals surface area (Å²) in [5, 5.41) is 0.784. The Bertz CT molecular complexity index is 1380. The standard InChI is InChI=1S/C42H68ClN3O8S/c1-41(2,53-25-17-42(3,4)54-32-36(50-8)31-52-30-35(49-7)29-51-28-34(48-6)27-47-5)16-20-45-23-21-44(22-24-45)18-11-19-46-37-12-9-10-13-39(37)55-40-15-14-33(43)26-38(40)46/h9-10,12-15,26,34-36H,11,16-25,27-32H2,1-8H3. The van der Waals surface area contributed by atoms with Gasteiger partial charge in [0.15, 0.2) is 0 Å². The van der Waals surface area contributed by atoms with Gasteiger partial charge < -0.3 is 52.6 Å². The van der Waals surface area contributed by atoms with Crippen molar-refractivity contribution < 1.29 is 37.9 Å². The Balaban J connectivity index is 1.07. The Morgan fingerprint density at radius 2 is 1.20 bits per heavy atom. The highest BCUT2D eigenvalue weighted by Gasteiger charge is 2.27. The van der Waals surface area contributed by atoms with E-state index in [1.54, 1.807) is 28.4 Å². The Labute approximate surface area is 340 Å². The summed E-state index contributed by atoms with van der Waals surface area (Å²) in [5.74, 6) is 0. The van der Waals surface area contributed by atoms with Crippen LogP contribution in [0.4, 0.5) is 11.4 Å². The summed E-state index contributed by atoms with van der Waals surface area (Å²) >= 11 is 8.26. The number of hydrogen-bond acceptors (Lipinski definition) is 12. The Morgan fingerprint density at radius 1 is 0.636 bits per heavy atom. The van der Waals surface area contributed by atoms with Crippen LogP contribution >= 0.6 is 23.4 Å². The molecule has 1 fully saturated rings. The van der Waals surface area contributed by atoms with Crippen LogP contribution in [0.1, 0.15) is 47.0 Å². The van der Waals surface area contributed by atoms with Gasteiger partial charge in [0.2, 0.25) is 0 Å². The van der Waals surface area contributed by atoms with Crippen LogP contribution in [0.2, 0.25) is 5.02 Å². The van der Waals surface area contributed by atoms with Crippen LogP contribution in [0.15, 0.2) is 52.3 Å². The fraction of sp³-hybridized carbons (Fsp3) is 0.714. The highest BCUT2D eigenvalue weighted by Crippen LogP contribution is 2.48. The largest absolute Gasteiger partial charge is 0.382 e. The molecule has 2 aromatic carbocycles. The van der Waals surface area contributed by atoms with Gasteiger partial charge in [0.25, 0.3) is 0 Å². The van der Waals surface area contributed by atoms with E-state index in [-0.39, 0.29) is 29.5 Å². The molecule has 4 rings (SSSR count). The summed E-state index contributed by atoms with van der Waals surface area (Å²) in [4.78, 5) is 10.2. The first-order valence-corrected chi connectivity index (χ1v) is 20.9. The Kier molecular flexibility index (Phi) is 20.0. The van der Waals surface area contributed by atoms with E-state index in [1.807, 2.05) is 17.8 Å². The number of methoxy groups -OCH3 is 4. The van der Waals surface area contributed by atoms with Crippen LogP contribution in [0, 0.1) is 0 Å². The van der Waals surface area contributed by atoms with Gasteiger partial charge in [-0.1, -0.05) is 35.5 Å². The number of halogens is 1. The number of piperazine rings is 1. The summed E-state index contributed by atoms with van der Waals surface area (Å²) in [6.45, 7) is 19.2. The van der Waals surface area contributed by atoms with E-state index < -0.39 is 0 Å². The highest BCUT2D eigenvalue weighted by molar-refractivity contribution is 7.99. The first-order valence-electron chi connectivity index (χ1n) is 19.7. The second-order valence-electron chi connectivity index (χ2n) is 15.7. The van der Waals surface area contributed by atoms with Crippen LogP contribution in [0.5, 0.6) is 0 Å². The first-order chi connectivity index (χ1) is 26.5. The zero-order chi connectivity index (χ0) is 39.7. The van der Waals surface area contributed by atoms with Crippen molar-refractivity contribution in [2.24, 2.45) is 0 Å². The number of para-hydroxylation sites is 1. The maximum atomic E-state index is 6.43. The van der Waals surface area contributed by atoms with E-state index in [2.05, 4.69) is 78.8 Å². The number of anilines is 2. The van der Waals surface area contributed by atoms with Crippen molar-refractivity contribution >= 4 is 34.7 Å². The fourth-order valence-corrected chi connectivity index (χ4v) is 7.84. The summed E-state index contributed by atoms with van der Waals surface area (Å²) in [7, 11) is 6.62. The van der Waals surface area contributed by atoms with Gasteiger partial charge in [-0.3, -0.25) is 0 Å². The second kappa shape index (κ2) is 23.8. The number of ether oxygens (including phenoxy) is 8. The normalized spacial score (nSPS) is 17.2. The lowest BCUT2D eigenvalue weighted by Crippen LogP contribution is -2.48. The van der Waals surface area contributed by atoms with Crippen molar-refractivity contribution in [3.05, 3.63) is 47.5 Å². The molecule has 0 saturated carbocycles. The molecule has 312 valence electrons. The van der Waals surface area contributed by atoms with Crippen LogP contribution in [0.3, 0.4) is 0 Å². The zero-order valence-corrected chi connectivity index (χ0v) is 36.3. The molecule has 2 aliphatic heterocycles. The highest BCUT2D eigenvalue weighted by atomic mass is 35.5. The van der Waals surface area contributed by atoms with Gasteiger partial charge in [-0.05, 0) is 83.8 Å². The predicted octanol–water partition coefficient (Wildman–Crippen LogP) is 7.05. The minimum atomic E-state index is -0.362. The van der Waals surface area contributed by atoms with Gasteiger partial charge in [-0.25, -0.2) is 0 Å². The SMILES string of the molecule is COCC(COCC(COCC(COC(C)(C)CCOC(C)(C)CCN1CCN(CCCN2c3ccccc3Sc3ccc(Cl)cc32)CC1)OC)OC)OC. The van der Waals surface area contributed by atoms with Gasteiger partial charge in [0.1, 0.15) is 18.3 Å². The van der Waals surface area contributed by atoms with Crippen LogP contribution < -0.4 is 4.90 Å². The third kappa shape index (κ3) is 16.0. The minimum Gasteiger partial charge on any atom is -0.382 e. The molecule has 0 bridgehead atoms. The topological polar surface area (TPSA) is 83.6 Å². The molecule has 2 aliphatic rings. The molecule has 0 aliphatic carbocycles. The number of fused-ring (bicyclic) bond motifs is 2. The molecule has 3 atom stereocenters. The fourth-order valence-electron chi connectivity index (χ4n) is 6.60. The third-order valence-corrected chi connectivity index (χ3v) is 11.7. The maximum Gasteiger partial charge on any atom is 0.104 e. The van der Waals surface area contributed by atoms with E-state index in [9.17, 15) is 0 Å². The van der Waals surface area contributed by atoms with Gasteiger partial charge in [-0.2, -0.15) is 0 Å². The predicted molar refractivity (Wildman–Crippen MR) is 222 cm³/mol. The molecule has 2 heterocycles. The lowest BCUT2D eigenvalue weighted by molar-refractivity contribution is -0.119. The molecule has 2 aromatic rings. The van der Waals surface area contributed by atoms with E-state index in [4.69, 9.17) is 49.5 Å². The molecule has 11 nitrogen and oxygen atoms in total. The first kappa shape index (κ1) is 46.2. The van der Waals surface area contributed by atoms with Crippen LogP contribution in [-0.2, 0) is 37.9 Å². The summed E-state index contributed by atoms with van der Waals surface area (Å²) in [6, 6.07) is 14.9. The number of hydrogen-bond donors (Lipinski definition) is 0. The minimum absolute atomic E-state index is 0.114. The molecule has 0 N–H and O–H groups in total. The molecule has 13 heteroatoms. The average molecular weight is 811 g/mol. The van der Waals surface area contributed by atoms with Crippen molar-refractivity contribution in [1.29, 1.82) is 0 Å². The lowest BCUT2D eigenvalue weighted by Gasteiger charge is -2.37. The monoisotopic (exact) mass is 809 g/mol. The Morgan fingerprint density at radius 3 is 1.84 bits per heavy atom. The van der Waals surface area contributed by atoms with Crippen LogP contribution in [0.25, 0.3) is 0 Å². The van der Waals surface area contributed by atoms with Gasteiger partial charge in [0.05, 0.1) is 68.8 Å². The molecule has 0 radical (unpaired) electrons. The summed E-state index contributed by atoms with van der Waals surface area (Å²) < 4.78 is 46.0. The molecule has 0 spiro atoms. The molecule has 1 saturated heterocycles. The van der Waals surface area contributed by atoms with Gasteiger partial charge in [-0.15, -0.1) is 0 Å². The van der Waals surface area contributed by atoms with Crippen molar-refractivity contribution in [3.63, 3.8) is 0 Å². The summed E-state index contributed by atoms with van der Waals surface area (Å²) in [6.07, 6.45) is 2.36. The number of benzene rings is 2. The van der Waals surface area contributed by atoms with Crippen molar-refractivity contribution in [3.8, 4) is 0 Å². The van der Waals surface area contributed by atoms with Crippen molar-refractivity contribution in [2.45, 2.75) is 86.3 Å². The number of rotatable bonds is 27. The Hall–Kier alpha value is -1.52. The van der Waals surface area contributed by atoms with Crippen LogP contribution in [-0.4, -0.2) is 160 Å². The number of nitrogens with zero attached hydrogens (tertiary/aromatic N) is 3. The van der Waals surface area contributed by atoms with Gasteiger partial charge in [0, 0.05) is 82.5 Å². The van der Waals surface area contributed by atoms with E-state index >= 15 is 0 Å². The van der Waals surface area contributed by atoms with Crippen molar-refractivity contribution in [1.82, 2.24) is 9.80 Å². The second-order valence-corrected chi connectivity index (χ2v) is 17.2. The molecule has 0 amide bonds.